The number of benzene rings is 1. The molecule has 0 radical (unpaired) electrons. The van der Waals surface area contributed by atoms with Crippen molar-refractivity contribution >= 4 is 17.3 Å². The molecule has 6 heteroatoms. The maximum Gasteiger partial charge on any atom is 0.258 e. The second kappa shape index (κ2) is 4.79. The highest BCUT2D eigenvalue weighted by atomic mass is 19.1. The number of hydrogen-bond acceptors (Lipinski definition) is 3. The number of carbonyl (C=O) groups is 1. The molecule has 0 aliphatic heterocycles. The topological polar surface area (TPSA) is 68.0 Å². The first-order valence-electron chi connectivity index (χ1n) is 5.04. The molecule has 3 N–H and O–H groups in total. The van der Waals surface area contributed by atoms with Crippen LogP contribution in [0.15, 0.2) is 36.7 Å². The van der Waals surface area contributed by atoms with E-state index in [0.29, 0.717) is 0 Å². The Morgan fingerprint density at radius 3 is 2.67 bits per heavy atom. The van der Waals surface area contributed by atoms with Gasteiger partial charge >= 0.3 is 0 Å². The predicted molar refractivity (Wildman–Crippen MR) is 63.0 cm³/mol. The van der Waals surface area contributed by atoms with Crippen molar-refractivity contribution in [3.05, 3.63) is 53.9 Å². The SMILES string of the molecule is Nc1ccc(NC(=O)c2ccncc2F)cc1F. The van der Waals surface area contributed by atoms with E-state index in [-0.39, 0.29) is 16.9 Å². The van der Waals surface area contributed by atoms with E-state index < -0.39 is 17.5 Å². The largest absolute Gasteiger partial charge is 0.396 e. The minimum atomic E-state index is -0.745. The summed E-state index contributed by atoms with van der Waals surface area (Å²) >= 11 is 0. The average Bonchev–Trinajstić information content (AvgIpc) is 2.34. The van der Waals surface area contributed by atoms with Gasteiger partial charge in [0, 0.05) is 11.9 Å². The van der Waals surface area contributed by atoms with Gasteiger partial charge in [-0.1, -0.05) is 0 Å². The van der Waals surface area contributed by atoms with Crippen LogP contribution in [0.2, 0.25) is 0 Å². The molecule has 1 aromatic carbocycles. The van der Waals surface area contributed by atoms with Gasteiger partial charge in [0.05, 0.1) is 17.4 Å². The van der Waals surface area contributed by atoms with Crippen molar-refractivity contribution in [3.8, 4) is 0 Å². The van der Waals surface area contributed by atoms with Gasteiger partial charge in [0.2, 0.25) is 0 Å². The van der Waals surface area contributed by atoms with E-state index >= 15 is 0 Å². The second-order valence-corrected chi connectivity index (χ2v) is 3.55. The van der Waals surface area contributed by atoms with E-state index in [0.717, 1.165) is 12.3 Å². The fraction of sp³-hybridized carbons (Fsp3) is 0. The lowest BCUT2D eigenvalue weighted by molar-refractivity contribution is 0.102. The highest BCUT2D eigenvalue weighted by molar-refractivity contribution is 6.04. The van der Waals surface area contributed by atoms with Crippen LogP contribution in [-0.4, -0.2) is 10.9 Å². The Morgan fingerprint density at radius 2 is 2.00 bits per heavy atom. The van der Waals surface area contributed by atoms with Crippen LogP contribution in [0.3, 0.4) is 0 Å². The summed E-state index contributed by atoms with van der Waals surface area (Å²) in [6, 6.07) is 5.04. The highest BCUT2D eigenvalue weighted by Gasteiger charge is 2.12. The fourth-order valence-corrected chi connectivity index (χ4v) is 1.36. The van der Waals surface area contributed by atoms with Gasteiger partial charge in [0.15, 0.2) is 5.82 Å². The van der Waals surface area contributed by atoms with Crippen LogP contribution in [0.4, 0.5) is 20.2 Å². The maximum atomic E-state index is 13.3. The molecule has 0 aliphatic carbocycles. The summed E-state index contributed by atoms with van der Waals surface area (Å²) in [7, 11) is 0. The molecule has 2 aromatic rings. The van der Waals surface area contributed by atoms with Gasteiger partial charge in [0.1, 0.15) is 5.82 Å². The molecule has 0 spiro atoms. The number of halogens is 2. The molecule has 1 heterocycles. The van der Waals surface area contributed by atoms with E-state index in [4.69, 9.17) is 5.73 Å². The molecule has 0 aliphatic rings. The minimum Gasteiger partial charge on any atom is -0.396 e. The lowest BCUT2D eigenvalue weighted by atomic mass is 10.2. The van der Waals surface area contributed by atoms with Crippen LogP contribution in [0.5, 0.6) is 0 Å². The van der Waals surface area contributed by atoms with Crippen molar-refractivity contribution in [2.45, 2.75) is 0 Å². The number of nitrogens with one attached hydrogen (secondary N) is 1. The van der Waals surface area contributed by atoms with Gasteiger partial charge in [-0.25, -0.2) is 8.78 Å². The average molecular weight is 249 g/mol. The van der Waals surface area contributed by atoms with Gasteiger partial charge in [-0.15, -0.1) is 0 Å². The summed E-state index contributed by atoms with van der Waals surface area (Å²) < 4.78 is 26.4. The quantitative estimate of drug-likeness (QED) is 0.801. The van der Waals surface area contributed by atoms with Gasteiger partial charge in [-0.3, -0.25) is 9.78 Å². The van der Waals surface area contributed by atoms with Gasteiger partial charge in [-0.2, -0.15) is 0 Å². The molecular weight excluding hydrogens is 240 g/mol. The summed E-state index contributed by atoms with van der Waals surface area (Å²) in [5.41, 5.74) is 5.31. The number of aromatic nitrogens is 1. The molecule has 0 atom stereocenters. The van der Waals surface area contributed by atoms with Crippen LogP contribution in [0, 0.1) is 11.6 Å². The zero-order chi connectivity index (χ0) is 13.1. The fourth-order valence-electron chi connectivity index (χ4n) is 1.36. The Hall–Kier alpha value is -2.50. The van der Waals surface area contributed by atoms with E-state index in [1.54, 1.807) is 0 Å². The smallest absolute Gasteiger partial charge is 0.258 e. The van der Waals surface area contributed by atoms with Crippen molar-refractivity contribution in [1.82, 2.24) is 4.98 Å². The molecule has 1 amide bonds. The predicted octanol–water partition coefficient (Wildman–Crippen LogP) is 2.19. The van der Waals surface area contributed by atoms with Crippen molar-refractivity contribution in [2.24, 2.45) is 0 Å². The molecule has 1 aromatic heterocycles. The number of anilines is 2. The maximum absolute atomic E-state index is 13.3. The second-order valence-electron chi connectivity index (χ2n) is 3.55. The number of nitrogens with zero attached hydrogens (tertiary/aromatic N) is 1. The summed E-state index contributed by atoms with van der Waals surface area (Å²) in [6.45, 7) is 0. The molecule has 2 rings (SSSR count). The number of hydrogen-bond donors (Lipinski definition) is 2. The van der Waals surface area contributed by atoms with Gasteiger partial charge < -0.3 is 11.1 Å². The molecule has 0 saturated heterocycles. The third kappa shape index (κ3) is 2.42. The first-order valence-corrected chi connectivity index (χ1v) is 5.04. The van der Waals surface area contributed by atoms with Crippen LogP contribution >= 0.6 is 0 Å². The zero-order valence-corrected chi connectivity index (χ0v) is 9.15. The first kappa shape index (κ1) is 12.0. The molecule has 4 nitrogen and oxygen atoms in total. The lowest BCUT2D eigenvalue weighted by Crippen LogP contribution is -2.14. The number of nitrogens with two attached hydrogens (primary N) is 1. The normalized spacial score (nSPS) is 10.1. The Bertz CT molecular complexity index is 602. The van der Waals surface area contributed by atoms with Gasteiger partial charge in [-0.05, 0) is 24.3 Å². The van der Waals surface area contributed by atoms with E-state index in [9.17, 15) is 13.6 Å². The minimum absolute atomic E-state index is 0.0249. The Morgan fingerprint density at radius 1 is 1.22 bits per heavy atom. The van der Waals surface area contributed by atoms with Crippen LogP contribution < -0.4 is 11.1 Å². The Kier molecular flexibility index (Phi) is 3.18. The van der Waals surface area contributed by atoms with E-state index in [1.165, 1.54) is 24.4 Å². The molecule has 18 heavy (non-hydrogen) atoms. The van der Waals surface area contributed by atoms with E-state index in [2.05, 4.69) is 10.3 Å². The number of amides is 1. The molecule has 0 fully saturated rings. The first-order chi connectivity index (χ1) is 8.58. The summed E-state index contributed by atoms with van der Waals surface area (Å²) in [5.74, 6) is -2.08. The van der Waals surface area contributed by atoms with Crippen LogP contribution in [0.25, 0.3) is 0 Å². The van der Waals surface area contributed by atoms with Crippen LogP contribution in [-0.2, 0) is 0 Å². The number of carbonyl (C=O) groups excluding carboxylic acids is 1. The van der Waals surface area contributed by atoms with Crippen molar-refractivity contribution in [3.63, 3.8) is 0 Å². The summed E-state index contributed by atoms with van der Waals surface area (Å²) in [6.07, 6.45) is 2.22. The van der Waals surface area contributed by atoms with Crippen molar-refractivity contribution in [2.75, 3.05) is 11.1 Å². The zero-order valence-electron chi connectivity index (χ0n) is 9.15. The third-order valence-corrected chi connectivity index (χ3v) is 2.28. The molecule has 0 saturated carbocycles. The number of pyridine rings is 1. The third-order valence-electron chi connectivity index (χ3n) is 2.28. The molecule has 92 valence electrons. The van der Waals surface area contributed by atoms with Crippen molar-refractivity contribution in [1.29, 1.82) is 0 Å². The molecular formula is C12H9F2N3O. The van der Waals surface area contributed by atoms with E-state index in [1.807, 2.05) is 0 Å². The lowest BCUT2D eigenvalue weighted by Gasteiger charge is -2.06. The summed E-state index contributed by atoms with van der Waals surface area (Å²) in [5, 5.41) is 2.36. The highest BCUT2D eigenvalue weighted by Crippen LogP contribution is 2.17. The monoisotopic (exact) mass is 249 g/mol. The Balaban J connectivity index is 2.22. The van der Waals surface area contributed by atoms with Crippen molar-refractivity contribution < 1.29 is 13.6 Å². The standard InChI is InChI=1S/C12H9F2N3O/c13-9-5-7(1-2-11(9)15)17-12(18)8-3-4-16-6-10(8)14/h1-6H,15H2,(H,17,18). The molecule has 0 bridgehead atoms. The number of rotatable bonds is 2. The Labute approximate surface area is 101 Å². The van der Waals surface area contributed by atoms with Gasteiger partial charge in [0.25, 0.3) is 5.91 Å². The number of nitrogen functional groups attached to an aromatic ring is 1. The van der Waals surface area contributed by atoms with Crippen LogP contribution in [0.1, 0.15) is 10.4 Å². The summed E-state index contributed by atoms with van der Waals surface area (Å²) in [4.78, 5) is 15.2. The molecule has 0 unspecified atom stereocenters.